The summed E-state index contributed by atoms with van der Waals surface area (Å²) in [6.45, 7) is 4.01. The number of fused-ring (bicyclic) bond motifs is 1. The molecule has 4 aromatic rings. The number of hydrogen-bond donors (Lipinski definition) is 1. The average molecular weight is 459 g/mol. The molecular weight excluding hydrogens is 432 g/mol. The number of nitrogen functional groups attached to an aromatic ring is 1. The van der Waals surface area contributed by atoms with Crippen LogP contribution in [0.5, 0.6) is 5.75 Å². The first-order chi connectivity index (χ1) is 16.1. The first-order valence-electron chi connectivity index (χ1n) is 11.0. The van der Waals surface area contributed by atoms with Crippen LogP contribution in [0, 0.1) is 0 Å². The topological polar surface area (TPSA) is 71.7 Å². The maximum Gasteiger partial charge on any atom is 0.266 e. The predicted octanol–water partition coefficient (Wildman–Crippen LogP) is 4.51. The number of pyridine rings is 1. The van der Waals surface area contributed by atoms with Crippen molar-refractivity contribution in [2.24, 2.45) is 0 Å². The molecule has 1 aliphatic rings. The lowest BCUT2D eigenvalue weighted by molar-refractivity contribution is 0.0634. The summed E-state index contributed by atoms with van der Waals surface area (Å²) < 4.78 is 5.23. The normalized spacial score (nSPS) is 14.5. The van der Waals surface area contributed by atoms with Crippen LogP contribution in [0.3, 0.4) is 0 Å². The zero-order valence-corrected chi connectivity index (χ0v) is 19.3. The highest BCUT2D eigenvalue weighted by Crippen LogP contribution is 2.35. The molecule has 0 saturated carbocycles. The highest BCUT2D eigenvalue weighted by molar-refractivity contribution is 7.21. The summed E-state index contributed by atoms with van der Waals surface area (Å²) in [4.78, 5) is 23.7. The second-order valence-corrected chi connectivity index (χ2v) is 9.18. The Bertz CT molecular complexity index is 1260. The minimum absolute atomic E-state index is 0.000795. The van der Waals surface area contributed by atoms with Gasteiger partial charge in [-0.3, -0.25) is 9.69 Å². The van der Waals surface area contributed by atoms with Crippen LogP contribution in [0.15, 0.2) is 66.7 Å². The molecule has 2 N–H and O–H groups in total. The molecule has 3 heterocycles. The number of aromatic nitrogens is 1. The summed E-state index contributed by atoms with van der Waals surface area (Å²) in [7, 11) is 1.65. The third-order valence-electron chi connectivity index (χ3n) is 6.08. The number of hydrogen-bond acceptors (Lipinski definition) is 6. The number of benzene rings is 2. The molecule has 1 amide bonds. The Morgan fingerprint density at radius 1 is 1.00 bits per heavy atom. The van der Waals surface area contributed by atoms with E-state index >= 15 is 0 Å². The molecule has 7 heteroatoms. The highest BCUT2D eigenvalue weighted by Gasteiger charge is 2.26. The number of methoxy groups -OCH3 is 1. The van der Waals surface area contributed by atoms with Gasteiger partial charge in [0.25, 0.3) is 5.91 Å². The standard InChI is InChI=1S/C26H26N4O2S/c1-32-20-9-7-19(8-10-20)22-12-11-21-23(27)24(33-25(21)28-22)26(31)30-15-13-29(14-16-30)17-18-5-3-2-4-6-18/h2-12H,13-17,27H2,1H3. The summed E-state index contributed by atoms with van der Waals surface area (Å²) in [6.07, 6.45) is 0. The van der Waals surface area contributed by atoms with Gasteiger partial charge in [0.1, 0.15) is 15.5 Å². The number of carbonyl (C=O) groups excluding carboxylic acids is 1. The Kier molecular flexibility index (Phi) is 5.98. The van der Waals surface area contributed by atoms with E-state index in [4.69, 9.17) is 15.5 Å². The van der Waals surface area contributed by atoms with Crippen molar-refractivity contribution < 1.29 is 9.53 Å². The van der Waals surface area contributed by atoms with Crippen molar-refractivity contribution in [2.75, 3.05) is 39.0 Å². The van der Waals surface area contributed by atoms with Crippen LogP contribution < -0.4 is 10.5 Å². The molecule has 168 valence electrons. The van der Waals surface area contributed by atoms with E-state index in [2.05, 4.69) is 29.2 Å². The van der Waals surface area contributed by atoms with Gasteiger partial charge in [-0.05, 0) is 42.0 Å². The number of carbonyl (C=O) groups is 1. The van der Waals surface area contributed by atoms with Crippen molar-refractivity contribution in [3.05, 3.63) is 77.2 Å². The van der Waals surface area contributed by atoms with E-state index < -0.39 is 0 Å². The fraction of sp³-hybridized carbons (Fsp3) is 0.231. The largest absolute Gasteiger partial charge is 0.497 e. The number of nitrogens with two attached hydrogens (primary N) is 1. The molecule has 5 rings (SSSR count). The van der Waals surface area contributed by atoms with Crippen molar-refractivity contribution in [2.45, 2.75) is 6.54 Å². The number of ether oxygens (including phenoxy) is 1. The zero-order chi connectivity index (χ0) is 22.8. The van der Waals surface area contributed by atoms with Gasteiger partial charge in [0.2, 0.25) is 0 Å². The van der Waals surface area contributed by atoms with Crippen molar-refractivity contribution >= 4 is 33.1 Å². The number of anilines is 1. The number of thiophene rings is 1. The molecule has 0 radical (unpaired) electrons. The average Bonchev–Trinajstić information content (AvgIpc) is 3.20. The maximum atomic E-state index is 13.3. The van der Waals surface area contributed by atoms with Crippen LogP contribution in [0.4, 0.5) is 5.69 Å². The summed E-state index contributed by atoms with van der Waals surface area (Å²) >= 11 is 1.38. The molecule has 1 fully saturated rings. The molecule has 1 aliphatic heterocycles. The second kappa shape index (κ2) is 9.21. The van der Waals surface area contributed by atoms with Gasteiger partial charge in [-0.1, -0.05) is 30.3 Å². The summed E-state index contributed by atoms with van der Waals surface area (Å²) in [6, 6.07) is 22.1. The predicted molar refractivity (Wildman–Crippen MR) is 134 cm³/mol. The molecule has 0 atom stereocenters. The fourth-order valence-corrected chi connectivity index (χ4v) is 5.23. The molecule has 33 heavy (non-hydrogen) atoms. The van der Waals surface area contributed by atoms with Crippen molar-refractivity contribution in [1.82, 2.24) is 14.8 Å². The Hall–Kier alpha value is -3.42. The molecule has 1 saturated heterocycles. The Morgan fingerprint density at radius 3 is 2.42 bits per heavy atom. The van der Waals surface area contributed by atoms with Crippen LogP contribution in [0.2, 0.25) is 0 Å². The lowest BCUT2D eigenvalue weighted by Crippen LogP contribution is -2.48. The van der Waals surface area contributed by atoms with Crippen LogP contribution in [-0.2, 0) is 6.54 Å². The van der Waals surface area contributed by atoms with Crippen molar-refractivity contribution in [1.29, 1.82) is 0 Å². The monoisotopic (exact) mass is 458 g/mol. The summed E-state index contributed by atoms with van der Waals surface area (Å²) in [5.41, 5.74) is 10.1. The SMILES string of the molecule is COc1ccc(-c2ccc3c(N)c(C(=O)N4CCN(Cc5ccccc5)CC4)sc3n2)cc1. The second-order valence-electron chi connectivity index (χ2n) is 8.18. The van der Waals surface area contributed by atoms with Gasteiger partial charge >= 0.3 is 0 Å². The van der Waals surface area contributed by atoms with Crippen molar-refractivity contribution in [3.8, 4) is 17.0 Å². The van der Waals surface area contributed by atoms with E-state index in [0.29, 0.717) is 23.7 Å². The van der Waals surface area contributed by atoms with E-state index in [-0.39, 0.29) is 5.91 Å². The third-order valence-corrected chi connectivity index (χ3v) is 7.19. The van der Waals surface area contributed by atoms with Gasteiger partial charge < -0.3 is 15.4 Å². The molecule has 2 aromatic carbocycles. The van der Waals surface area contributed by atoms with Gasteiger partial charge in [-0.15, -0.1) is 11.3 Å². The van der Waals surface area contributed by atoms with Crippen LogP contribution >= 0.6 is 11.3 Å². The van der Waals surface area contributed by atoms with E-state index in [1.54, 1.807) is 7.11 Å². The Morgan fingerprint density at radius 2 is 1.73 bits per heavy atom. The quantitative estimate of drug-likeness (QED) is 0.476. The molecule has 0 aliphatic carbocycles. The molecular formula is C26H26N4O2S. The summed E-state index contributed by atoms with van der Waals surface area (Å²) in [5.74, 6) is 0.804. The molecule has 0 bridgehead atoms. The van der Waals surface area contributed by atoms with E-state index in [0.717, 1.165) is 46.9 Å². The van der Waals surface area contributed by atoms with Crippen molar-refractivity contribution in [3.63, 3.8) is 0 Å². The fourth-order valence-electron chi connectivity index (χ4n) is 4.17. The highest BCUT2D eigenvalue weighted by atomic mass is 32.1. The van der Waals surface area contributed by atoms with E-state index in [9.17, 15) is 4.79 Å². The van der Waals surface area contributed by atoms with Gasteiger partial charge in [0.05, 0.1) is 18.5 Å². The summed E-state index contributed by atoms with van der Waals surface area (Å²) in [5, 5.41) is 0.836. The van der Waals surface area contributed by atoms with Gasteiger partial charge in [0, 0.05) is 43.7 Å². The first kappa shape index (κ1) is 21.4. The minimum atomic E-state index is 0.000795. The molecule has 0 spiro atoms. The van der Waals surface area contributed by atoms with Crippen LogP contribution in [0.25, 0.3) is 21.5 Å². The lowest BCUT2D eigenvalue weighted by atomic mass is 10.1. The molecule has 0 unspecified atom stereocenters. The lowest BCUT2D eigenvalue weighted by Gasteiger charge is -2.34. The van der Waals surface area contributed by atoms with Gasteiger partial charge in [0.15, 0.2) is 0 Å². The van der Waals surface area contributed by atoms with Crippen LogP contribution in [0.1, 0.15) is 15.2 Å². The molecule has 6 nitrogen and oxygen atoms in total. The van der Waals surface area contributed by atoms with Gasteiger partial charge in [-0.25, -0.2) is 4.98 Å². The van der Waals surface area contributed by atoms with E-state index in [1.165, 1.54) is 16.9 Å². The number of piperazine rings is 1. The minimum Gasteiger partial charge on any atom is -0.497 e. The smallest absolute Gasteiger partial charge is 0.266 e. The number of amides is 1. The van der Waals surface area contributed by atoms with Crippen LogP contribution in [-0.4, -0.2) is 54.0 Å². The first-order valence-corrected chi connectivity index (χ1v) is 11.8. The number of nitrogens with zero attached hydrogens (tertiary/aromatic N) is 3. The van der Waals surface area contributed by atoms with Gasteiger partial charge in [-0.2, -0.15) is 0 Å². The Labute approximate surface area is 197 Å². The third kappa shape index (κ3) is 4.42. The maximum absolute atomic E-state index is 13.3. The number of rotatable bonds is 5. The molecule has 2 aromatic heterocycles. The zero-order valence-electron chi connectivity index (χ0n) is 18.5. The van der Waals surface area contributed by atoms with E-state index in [1.807, 2.05) is 47.4 Å². The Balaban J connectivity index is 1.31.